The van der Waals surface area contributed by atoms with Crippen LogP contribution in [0.4, 0.5) is 5.69 Å². The van der Waals surface area contributed by atoms with E-state index in [0.29, 0.717) is 0 Å². The van der Waals surface area contributed by atoms with Gasteiger partial charge in [-0.05, 0) is 42.7 Å². The summed E-state index contributed by atoms with van der Waals surface area (Å²) >= 11 is 8.44. The number of thioether (sulfide) groups is 1. The lowest BCUT2D eigenvalue weighted by atomic mass is 10.0. The van der Waals surface area contributed by atoms with Gasteiger partial charge >= 0.3 is 0 Å². The summed E-state index contributed by atoms with van der Waals surface area (Å²) in [4.78, 5) is 2.44. The van der Waals surface area contributed by atoms with Crippen LogP contribution in [-0.2, 0) is 6.42 Å². The SMILES string of the molecule is CCC(N)Cc1ccc(N2CCCSCC2)cc1Cl. The predicted molar refractivity (Wildman–Crippen MR) is 87.6 cm³/mol. The molecule has 1 fully saturated rings. The van der Waals surface area contributed by atoms with Crippen LogP contribution >= 0.6 is 23.4 Å². The molecule has 0 aliphatic carbocycles. The van der Waals surface area contributed by atoms with Crippen LogP contribution in [0, 0.1) is 0 Å². The average molecular weight is 299 g/mol. The zero-order valence-electron chi connectivity index (χ0n) is 11.6. The lowest BCUT2D eigenvalue weighted by Crippen LogP contribution is -2.25. The van der Waals surface area contributed by atoms with Crippen molar-refractivity contribution in [1.82, 2.24) is 0 Å². The zero-order chi connectivity index (χ0) is 13.7. The Balaban J connectivity index is 2.08. The summed E-state index contributed by atoms with van der Waals surface area (Å²) in [6, 6.07) is 6.65. The number of anilines is 1. The Bertz CT molecular complexity index is 403. The molecule has 1 heterocycles. The maximum atomic E-state index is 6.40. The summed E-state index contributed by atoms with van der Waals surface area (Å²) in [5.41, 5.74) is 8.43. The highest BCUT2D eigenvalue weighted by atomic mass is 35.5. The molecule has 0 bridgehead atoms. The number of hydrogen-bond donors (Lipinski definition) is 1. The number of nitrogens with zero attached hydrogens (tertiary/aromatic N) is 1. The van der Waals surface area contributed by atoms with Gasteiger partial charge in [-0.25, -0.2) is 0 Å². The van der Waals surface area contributed by atoms with Crippen LogP contribution < -0.4 is 10.6 Å². The summed E-state index contributed by atoms with van der Waals surface area (Å²) in [5, 5.41) is 0.860. The lowest BCUT2D eigenvalue weighted by molar-refractivity contribution is 0.646. The molecular formula is C15H23ClN2S. The topological polar surface area (TPSA) is 29.3 Å². The van der Waals surface area contributed by atoms with Gasteiger partial charge in [0, 0.05) is 35.6 Å². The molecule has 4 heteroatoms. The average Bonchev–Trinajstić information content (AvgIpc) is 2.69. The summed E-state index contributed by atoms with van der Waals surface area (Å²) in [7, 11) is 0. The number of halogens is 1. The van der Waals surface area contributed by atoms with Crippen molar-refractivity contribution in [2.45, 2.75) is 32.2 Å². The normalized spacial score (nSPS) is 18.2. The minimum absolute atomic E-state index is 0.206. The van der Waals surface area contributed by atoms with E-state index < -0.39 is 0 Å². The van der Waals surface area contributed by atoms with Crippen molar-refractivity contribution in [1.29, 1.82) is 0 Å². The first-order valence-electron chi connectivity index (χ1n) is 7.07. The van der Waals surface area contributed by atoms with Gasteiger partial charge in [0.25, 0.3) is 0 Å². The van der Waals surface area contributed by atoms with Crippen LogP contribution in [0.25, 0.3) is 0 Å². The molecule has 0 saturated carbocycles. The molecule has 1 aliphatic rings. The summed E-state index contributed by atoms with van der Waals surface area (Å²) in [6.45, 7) is 4.37. The highest BCUT2D eigenvalue weighted by Gasteiger charge is 2.12. The minimum atomic E-state index is 0.206. The van der Waals surface area contributed by atoms with Crippen molar-refractivity contribution in [2.24, 2.45) is 5.73 Å². The van der Waals surface area contributed by atoms with Gasteiger partial charge in [0.2, 0.25) is 0 Å². The molecular weight excluding hydrogens is 276 g/mol. The second-order valence-corrected chi connectivity index (χ2v) is 6.73. The standard InChI is InChI=1S/C15H23ClN2S/c1-2-13(17)10-12-4-5-14(11-15(12)16)18-6-3-8-19-9-7-18/h4-5,11,13H,2-3,6-10,17H2,1H3. The van der Waals surface area contributed by atoms with Gasteiger partial charge in [-0.3, -0.25) is 0 Å². The monoisotopic (exact) mass is 298 g/mol. The van der Waals surface area contributed by atoms with E-state index in [2.05, 4.69) is 30.0 Å². The molecule has 1 unspecified atom stereocenters. The second kappa shape index (κ2) is 7.41. The van der Waals surface area contributed by atoms with E-state index in [1.165, 1.54) is 29.2 Å². The second-order valence-electron chi connectivity index (χ2n) is 5.10. The Morgan fingerprint density at radius 2 is 2.21 bits per heavy atom. The van der Waals surface area contributed by atoms with Gasteiger partial charge in [-0.1, -0.05) is 24.6 Å². The third-order valence-corrected chi connectivity index (χ3v) is 5.03. The molecule has 1 saturated heterocycles. The first-order chi connectivity index (χ1) is 9.20. The molecule has 0 radical (unpaired) electrons. The van der Waals surface area contributed by atoms with Crippen LogP contribution in [0.3, 0.4) is 0 Å². The molecule has 1 aromatic carbocycles. The van der Waals surface area contributed by atoms with E-state index in [9.17, 15) is 0 Å². The quantitative estimate of drug-likeness (QED) is 0.921. The molecule has 2 N–H and O–H groups in total. The molecule has 1 aliphatic heterocycles. The molecule has 1 aromatic rings. The number of nitrogens with two attached hydrogens (primary N) is 1. The Morgan fingerprint density at radius 3 is 2.95 bits per heavy atom. The van der Waals surface area contributed by atoms with Crippen LogP contribution in [0.1, 0.15) is 25.3 Å². The van der Waals surface area contributed by atoms with Crippen molar-refractivity contribution in [3.8, 4) is 0 Å². The van der Waals surface area contributed by atoms with E-state index in [0.717, 1.165) is 31.0 Å². The van der Waals surface area contributed by atoms with E-state index in [-0.39, 0.29) is 6.04 Å². The molecule has 0 spiro atoms. The van der Waals surface area contributed by atoms with Gasteiger partial charge in [-0.2, -0.15) is 11.8 Å². The number of rotatable bonds is 4. The van der Waals surface area contributed by atoms with E-state index in [1.807, 2.05) is 11.8 Å². The molecule has 106 valence electrons. The Labute approximate surface area is 125 Å². The van der Waals surface area contributed by atoms with E-state index >= 15 is 0 Å². The maximum Gasteiger partial charge on any atom is 0.0459 e. The van der Waals surface area contributed by atoms with E-state index in [1.54, 1.807) is 0 Å². The van der Waals surface area contributed by atoms with Gasteiger partial charge in [0.15, 0.2) is 0 Å². The molecule has 0 amide bonds. The van der Waals surface area contributed by atoms with Crippen molar-refractivity contribution in [2.75, 3.05) is 29.5 Å². The summed E-state index contributed by atoms with van der Waals surface area (Å²) < 4.78 is 0. The molecule has 0 aromatic heterocycles. The maximum absolute atomic E-state index is 6.40. The van der Waals surface area contributed by atoms with Gasteiger partial charge in [0.1, 0.15) is 0 Å². The molecule has 2 nitrogen and oxygen atoms in total. The van der Waals surface area contributed by atoms with Gasteiger partial charge < -0.3 is 10.6 Å². The van der Waals surface area contributed by atoms with Crippen molar-refractivity contribution < 1.29 is 0 Å². The van der Waals surface area contributed by atoms with Crippen LogP contribution in [-0.4, -0.2) is 30.6 Å². The largest absolute Gasteiger partial charge is 0.371 e. The van der Waals surface area contributed by atoms with Crippen molar-refractivity contribution in [3.63, 3.8) is 0 Å². The smallest absolute Gasteiger partial charge is 0.0459 e. The predicted octanol–water partition coefficient (Wildman–Crippen LogP) is 3.56. The van der Waals surface area contributed by atoms with Crippen molar-refractivity contribution in [3.05, 3.63) is 28.8 Å². The third kappa shape index (κ3) is 4.30. The van der Waals surface area contributed by atoms with E-state index in [4.69, 9.17) is 17.3 Å². The number of hydrogen-bond acceptors (Lipinski definition) is 3. The highest BCUT2D eigenvalue weighted by molar-refractivity contribution is 7.99. The fourth-order valence-electron chi connectivity index (χ4n) is 2.33. The fraction of sp³-hybridized carbons (Fsp3) is 0.600. The Morgan fingerprint density at radius 1 is 1.37 bits per heavy atom. The highest BCUT2D eigenvalue weighted by Crippen LogP contribution is 2.26. The summed E-state index contributed by atoms with van der Waals surface area (Å²) in [6.07, 6.45) is 3.11. The van der Waals surface area contributed by atoms with Gasteiger partial charge in [0.05, 0.1) is 0 Å². The summed E-state index contributed by atoms with van der Waals surface area (Å²) in [5.74, 6) is 2.48. The third-order valence-electron chi connectivity index (χ3n) is 3.63. The molecule has 19 heavy (non-hydrogen) atoms. The van der Waals surface area contributed by atoms with Gasteiger partial charge in [-0.15, -0.1) is 0 Å². The first-order valence-corrected chi connectivity index (χ1v) is 8.60. The molecule has 1 atom stereocenters. The van der Waals surface area contributed by atoms with Crippen LogP contribution in [0.15, 0.2) is 18.2 Å². The first kappa shape index (κ1) is 15.0. The minimum Gasteiger partial charge on any atom is -0.371 e. The van der Waals surface area contributed by atoms with Crippen LogP contribution in [0.5, 0.6) is 0 Å². The van der Waals surface area contributed by atoms with Crippen LogP contribution in [0.2, 0.25) is 5.02 Å². The molecule has 2 rings (SSSR count). The fourth-order valence-corrected chi connectivity index (χ4v) is 3.47. The van der Waals surface area contributed by atoms with Crippen molar-refractivity contribution >= 4 is 29.1 Å². The Kier molecular flexibility index (Phi) is 5.86. The zero-order valence-corrected chi connectivity index (χ0v) is 13.1. The Hall–Kier alpha value is -0.380. The number of benzene rings is 1. The lowest BCUT2D eigenvalue weighted by Gasteiger charge is -2.23.